The van der Waals surface area contributed by atoms with E-state index < -0.39 is 12.0 Å². The lowest BCUT2D eigenvalue weighted by atomic mass is 10.2. The number of halogens is 1. The smallest absolute Gasteiger partial charge is 0.320 e. The third kappa shape index (κ3) is 9.55. The van der Waals surface area contributed by atoms with Crippen molar-refractivity contribution in [3.63, 3.8) is 0 Å². The van der Waals surface area contributed by atoms with Crippen LogP contribution in [0.4, 0.5) is 0 Å². The molecule has 5 nitrogen and oxygen atoms in total. The molecule has 0 saturated heterocycles. The number of nitrogens with two attached hydrogens (primary N) is 2. The monoisotopic (exact) mass is 211 g/mol. The molecule has 0 aliphatic carbocycles. The van der Waals surface area contributed by atoms with Gasteiger partial charge in [-0.2, -0.15) is 0 Å². The summed E-state index contributed by atoms with van der Waals surface area (Å²) in [6, 6.07) is -0.750. The van der Waals surface area contributed by atoms with Crippen molar-refractivity contribution < 1.29 is 9.90 Å². The standard InChI is InChI=1S/C7H17N3O2.ClH/c1-5(8)10-4-2-3-6(9)7(11)12;/h5-6,10H,2-4,8-9H2,1H3,(H,11,12);1H/t5?,6-;/m0./s1. The number of rotatable bonds is 6. The molecule has 0 bridgehead atoms. The summed E-state index contributed by atoms with van der Waals surface area (Å²) < 4.78 is 0. The molecule has 0 aromatic heterocycles. The van der Waals surface area contributed by atoms with Crippen molar-refractivity contribution in [1.82, 2.24) is 5.32 Å². The largest absolute Gasteiger partial charge is 0.480 e. The number of carbonyl (C=O) groups is 1. The van der Waals surface area contributed by atoms with Crippen molar-refractivity contribution in [1.29, 1.82) is 0 Å². The quantitative estimate of drug-likeness (QED) is 0.350. The molecule has 1 unspecified atom stereocenters. The lowest BCUT2D eigenvalue weighted by molar-refractivity contribution is -0.138. The second-order valence-corrected chi connectivity index (χ2v) is 2.83. The number of carboxylic acids is 1. The summed E-state index contributed by atoms with van der Waals surface area (Å²) in [5, 5.41) is 11.4. The van der Waals surface area contributed by atoms with Crippen LogP contribution in [-0.2, 0) is 4.79 Å². The van der Waals surface area contributed by atoms with Gasteiger partial charge in [0.05, 0.1) is 6.17 Å². The highest BCUT2D eigenvalue weighted by molar-refractivity contribution is 5.85. The zero-order valence-electron chi connectivity index (χ0n) is 7.69. The molecular weight excluding hydrogens is 194 g/mol. The van der Waals surface area contributed by atoms with E-state index in [1.807, 2.05) is 6.92 Å². The van der Waals surface area contributed by atoms with E-state index in [1.165, 1.54) is 0 Å². The second-order valence-electron chi connectivity index (χ2n) is 2.83. The SMILES string of the molecule is CC(N)NCCC[C@H](N)C(=O)O.Cl. The number of hydrogen-bond donors (Lipinski definition) is 4. The fourth-order valence-electron chi connectivity index (χ4n) is 0.775. The van der Waals surface area contributed by atoms with Gasteiger partial charge in [-0.05, 0) is 26.3 Å². The Hall–Kier alpha value is -0.360. The molecule has 0 aromatic rings. The van der Waals surface area contributed by atoms with Crippen LogP contribution in [0.15, 0.2) is 0 Å². The van der Waals surface area contributed by atoms with E-state index in [-0.39, 0.29) is 18.6 Å². The summed E-state index contributed by atoms with van der Waals surface area (Å²) in [4.78, 5) is 10.3. The lowest BCUT2D eigenvalue weighted by Crippen LogP contribution is -2.36. The third-order valence-electron chi connectivity index (χ3n) is 1.48. The van der Waals surface area contributed by atoms with E-state index in [0.29, 0.717) is 13.0 Å². The highest BCUT2D eigenvalue weighted by Gasteiger charge is 2.09. The molecule has 0 rings (SSSR count). The van der Waals surface area contributed by atoms with Crippen LogP contribution in [-0.4, -0.2) is 29.8 Å². The first kappa shape index (κ1) is 15.1. The molecule has 6 N–H and O–H groups in total. The average molecular weight is 212 g/mol. The second kappa shape index (κ2) is 8.25. The van der Waals surface area contributed by atoms with Gasteiger partial charge in [-0.3, -0.25) is 4.79 Å². The highest BCUT2D eigenvalue weighted by atomic mass is 35.5. The minimum atomic E-state index is -0.948. The third-order valence-corrected chi connectivity index (χ3v) is 1.48. The molecule has 0 saturated carbocycles. The van der Waals surface area contributed by atoms with E-state index in [2.05, 4.69) is 5.32 Å². The Morgan fingerprint density at radius 1 is 1.54 bits per heavy atom. The van der Waals surface area contributed by atoms with E-state index >= 15 is 0 Å². The summed E-state index contributed by atoms with van der Waals surface area (Å²) in [7, 11) is 0. The molecule has 0 aliphatic rings. The van der Waals surface area contributed by atoms with E-state index in [9.17, 15) is 4.79 Å². The lowest BCUT2D eigenvalue weighted by Gasteiger charge is -2.09. The van der Waals surface area contributed by atoms with Crippen molar-refractivity contribution in [2.45, 2.75) is 32.0 Å². The highest BCUT2D eigenvalue weighted by Crippen LogP contribution is 1.92. The van der Waals surface area contributed by atoms with Gasteiger partial charge in [-0.25, -0.2) is 0 Å². The predicted octanol–water partition coefficient (Wildman–Crippen LogP) is -0.505. The predicted molar refractivity (Wildman–Crippen MR) is 53.7 cm³/mol. The minimum Gasteiger partial charge on any atom is -0.480 e. The average Bonchev–Trinajstić information content (AvgIpc) is 1.97. The van der Waals surface area contributed by atoms with Gasteiger partial charge in [-0.15, -0.1) is 12.4 Å². The Morgan fingerprint density at radius 3 is 2.46 bits per heavy atom. The molecule has 2 atom stereocenters. The minimum absolute atomic E-state index is 0. The van der Waals surface area contributed by atoms with Gasteiger partial charge in [0.2, 0.25) is 0 Å². The van der Waals surface area contributed by atoms with Crippen LogP contribution in [0, 0.1) is 0 Å². The number of hydrogen-bond acceptors (Lipinski definition) is 4. The maximum absolute atomic E-state index is 10.3. The van der Waals surface area contributed by atoms with Crippen LogP contribution in [0.3, 0.4) is 0 Å². The number of aliphatic carboxylic acids is 1. The van der Waals surface area contributed by atoms with Gasteiger partial charge in [0.1, 0.15) is 6.04 Å². The van der Waals surface area contributed by atoms with Crippen LogP contribution in [0.25, 0.3) is 0 Å². The molecule has 13 heavy (non-hydrogen) atoms. The Balaban J connectivity index is 0. The molecule has 0 aromatic carbocycles. The summed E-state index contributed by atoms with van der Waals surface area (Å²) in [5.41, 5.74) is 10.7. The molecule has 80 valence electrons. The summed E-state index contributed by atoms with van der Waals surface area (Å²) in [5.74, 6) is -0.948. The van der Waals surface area contributed by atoms with Crippen molar-refractivity contribution in [2.75, 3.05) is 6.54 Å². The molecule has 0 fully saturated rings. The topological polar surface area (TPSA) is 101 Å². The Labute approximate surface area is 84.3 Å². The maximum atomic E-state index is 10.3. The van der Waals surface area contributed by atoms with Gasteiger partial charge in [0, 0.05) is 0 Å². The molecular formula is C7H18ClN3O2. The van der Waals surface area contributed by atoms with Crippen LogP contribution in [0.5, 0.6) is 0 Å². The van der Waals surface area contributed by atoms with E-state index in [0.717, 1.165) is 6.42 Å². The molecule has 6 heteroatoms. The van der Waals surface area contributed by atoms with Gasteiger partial charge in [0.15, 0.2) is 0 Å². The van der Waals surface area contributed by atoms with Crippen molar-refractivity contribution in [3.05, 3.63) is 0 Å². The number of nitrogens with one attached hydrogen (secondary N) is 1. The van der Waals surface area contributed by atoms with Crippen LogP contribution in [0.1, 0.15) is 19.8 Å². The van der Waals surface area contributed by atoms with Gasteiger partial charge in [-0.1, -0.05) is 0 Å². The Morgan fingerprint density at radius 2 is 2.08 bits per heavy atom. The fraction of sp³-hybridized carbons (Fsp3) is 0.857. The van der Waals surface area contributed by atoms with E-state index in [1.54, 1.807) is 0 Å². The maximum Gasteiger partial charge on any atom is 0.320 e. The zero-order chi connectivity index (χ0) is 9.56. The summed E-state index contributed by atoms with van der Waals surface area (Å²) in [6.07, 6.45) is 1.16. The molecule has 0 aliphatic heterocycles. The first-order valence-electron chi connectivity index (χ1n) is 4.01. The van der Waals surface area contributed by atoms with Gasteiger partial charge >= 0.3 is 5.97 Å². The molecule has 0 spiro atoms. The fourth-order valence-corrected chi connectivity index (χ4v) is 0.775. The number of carboxylic acid groups (broad SMARTS) is 1. The normalized spacial score (nSPS) is 14.4. The van der Waals surface area contributed by atoms with E-state index in [4.69, 9.17) is 16.6 Å². The van der Waals surface area contributed by atoms with Crippen molar-refractivity contribution in [3.8, 4) is 0 Å². The Bertz CT molecular complexity index is 144. The van der Waals surface area contributed by atoms with Crippen LogP contribution >= 0.6 is 12.4 Å². The molecule has 0 heterocycles. The molecule has 0 amide bonds. The van der Waals surface area contributed by atoms with Crippen LogP contribution in [0.2, 0.25) is 0 Å². The van der Waals surface area contributed by atoms with Crippen LogP contribution < -0.4 is 16.8 Å². The van der Waals surface area contributed by atoms with Crippen molar-refractivity contribution >= 4 is 18.4 Å². The zero-order valence-corrected chi connectivity index (χ0v) is 8.51. The summed E-state index contributed by atoms with van der Waals surface area (Å²) in [6.45, 7) is 2.54. The van der Waals surface area contributed by atoms with Gasteiger partial charge < -0.3 is 21.9 Å². The van der Waals surface area contributed by atoms with Gasteiger partial charge in [0.25, 0.3) is 0 Å². The van der Waals surface area contributed by atoms with Crippen molar-refractivity contribution in [2.24, 2.45) is 11.5 Å². The summed E-state index contributed by atoms with van der Waals surface area (Å²) >= 11 is 0. The molecule has 0 radical (unpaired) electrons. The first-order chi connectivity index (χ1) is 5.54. The first-order valence-corrected chi connectivity index (χ1v) is 4.01. The Kier molecular flexibility index (Phi) is 9.60.